The van der Waals surface area contributed by atoms with Gasteiger partial charge in [-0.3, -0.25) is 9.36 Å². The number of allylic oxidation sites excluding steroid dienone is 1. The van der Waals surface area contributed by atoms with Gasteiger partial charge in [0, 0.05) is 55.8 Å². The van der Waals surface area contributed by atoms with Crippen LogP contribution in [-0.4, -0.2) is 84.5 Å². The SMILES string of the molecule is C=C/C(=C\C(N)C(=O)c1ccc(C2CCN(C[C@H](C)O)CC2)cc1)N(CCC(C)(C)OC)c1ccc2c(ccn2C(=O)NC)c1. The molecule has 3 aromatic rings. The Bertz CT molecular complexity index is 1500. The van der Waals surface area contributed by atoms with Gasteiger partial charge >= 0.3 is 6.03 Å². The van der Waals surface area contributed by atoms with Gasteiger partial charge in [-0.2, -0.15) is 0 Å². The fraction of sp³-hybridized carbons (Fsp3) is 0.444. The number of fused-ring (bicyclic) bond motifs is 1. The van der Waals surface area contributed by atoms with Crippen molar-refractivity contribution in [3.63, 3.8) is 0 Å². The van der Waals surface area contributed by atoms with Crippen molar-refractivity contribution in [3.05, 3.63) is 90.3 Å². The number of aromatic nitrogens is 1. The summed E-state index contributed by atoms with van der Waals surface area (Å²) >= 11 is 0. The van der Waals surface area contributed by atoms with Crippen molar-refractivity contribution in [2.75, 3.05) is 45.2 Å². The number of β-amino-alcohol motifs (C(OH)–C–C–N with tert-alkyl or cyclic N) is 1. The lowest BCUT2D eigenvalue weighted by Crippen LogP contribution is -2.37. The van der Waals surface area contributed by atoms with Gasteiger partial charge < -0.3 is 30.7 Å². The number of nitrogens with zero attached hydrogens (tertiary/aromatic N) is 3. The highest BCUT2D eigenvalue weighted by Gasteiger charge is 2.24. The molecule has 45 heavy (non-hydrogen) atoms. The smallest absolute Gasteiger partial charge is 0.325 e. The maximum absolute atomic E-state index is 13.5. The van der Waals surface area contributed by atoms with Crippen LogP contribution in [0.25, 0.3) is 10.9 Å². The second-order valence-electron chi connectivity index (χ2n) is 12.6. The normalized spacial score (nSPS) is 16.4. The molecule has 4 N–H and O–H groups in total. The van der Waals surface area contributed by atoms with Gasteiger partial charge in [-0.05, 0) is 101 Å². The van der Waals surface area contributed by atoms with E-state index in [4.69, 9.17) is 10.5 Å². The third-order valence-corrected chi connectivity index (χ3v) is 8.86. The van der Waals surface area contributed by atoms with Crippen molar-refractivity contribution in [3.8, 4) is 0 Å². The largest absolute Gasteiger partial charge is 0.392 e. The zero-order valence-electron chi connectivity index (χ0n) is 27.3. The van der Waals surface area contributed by atoms with E-state index < -0.39 is 6.04 Å². The molecule has 2 heterocycles. The summed E-state index contributed by atoms with van der Waals surface area (Å²) in [5.41, 5.74) is 10.4. The molecule has 1 unspecified atom stereocenters. The van der Waals surface area contributed by atoms with Crippen molar-refractivity contribution in [2.24, 2.45) is 5.73 Å². The number of ether oxygens (including phenoxy) is 1. The summed E-state index contributed by atoms with van der Waals surface area (Å²) < 4.78 is 7.26. The molecule has 1 amide bonds. The van der Waals surface area contributed by atoms with E-state index in [9.17, 15) is 14.7 Å². The fourth-order valence-electron chi connectivity index (χ4n) is 5.95. The lowest BCUT2D eigenvalue weighted by molar-refractivity contribution is 0.0175. The summed E-state index contributed by atoms with van der Waals surface area (Å²) in [6.07, 6.45) is 7.68. The first-order valence-electron chi connectivity index (χ1n) is 15.8. The lowest BCUT2D eigenvalue weighted by atomic mass is 9.88. The number of benzene rings is 2. The highest BCUT2D eigenvalue weighted by atomic mass is 16.5. The summed E-state index contributed by atoms with van der Waals surface area (Å²) in [6, 6.07) is 14.6. The van der Waals surface area contributed by atoms with Gasteiger partial charge in [0.05, 0.1) is 23.3 Å². The molecule has 0 bridgehead atoms. The number of anilines is 1. The Kier molecular flexibility index (Phi) is 11.4. The van der Waals surface area contributed by atoms with Gasteiger partial charge in [0.1, 0.15) is 0 Å². The van der Waals surface area contributed by atoms with E-state index in [-0.39, 0.29) is 23.5 Å². The number of piperidine rings is 1. The van der Waals surface area contributed by atoms with Gasteiger partial charge in [0.15, 0.2) is 5.78 Å². The van der Waals surface area contributed by atoms with Crippen LogP contribution >= 0.6 is 0 Å². The Morgan fingerprint density at radius 3 is 2.47 bits per heavy atom. The summed E-state index contributed by atoms with van der Waals surface area (Å²) in [7, 11) is 3.30. The van der Waals surface area contributed by atoms with Crippen molar-refractivity contribution in [2.45, 2.75) is 63.7 Å². The number of amides is 1. The molecule has 0 radical (unpaired) electrons. The molecule has 242 valence electrons. The molecule has 1 saturated heterocycles. The van der Waals surface area contributed by atoms with Gasteiger partial charge in [-0.15, -0.1) is 0 Å². The van der Waals surface area contributed by atoms with Crippen molar-refractivity contribution in [1.82, 2.24) is 14.8 Å². The number of rotatable bonds is 13. The van der Waals surface area contributed by atoms with Crippen molar-refractivity contribution in [1.29, 1.82) is 0 Å². The summed E-state index contributed by atoms with van der Waals surface area (Å²) in [5.74, 6) is 0.277. The molecule has 1 aliphatic rings. The molecule has 1 aromatic heterocycles. The van der Waals surface area contributed by atoms with Crippen LogP contribution in [0.15, 0.2) is 79.2 Å². The van der Waals surface area contributed by atoms with Crippen molar-refractivity contribution >= 4 is 28.4 Å². The minimum Gasteiger partial charge on any atom is -0.392 e. The molecule has 0 saturated carbocycles. The number of methoxy groups -OCH3 is 1. The standard InChI is InChI=1S/C36H49N5O4/c1-7-30(23-32(37)34(43)28-10-8-26(9-11-28)27-14-18-39(19-15-27)24-25(2)42)40(21-17-36(3,4)45-6)31-12-13-33-29(22-31)16-20-41(33)35(44)38-5/h7-13,16,20,22-23,25,27,32,42H,1,14-15,17-19,21,24,37H2,2-6H3,(H,38,44)/b30-23+/t25-,32?/m0/s1. The molecule has 4 rings (SSSR count). The number of carbonyl (C=O) groups excluding carboxylic acids is 2. The van der Waals surface area contributed by atoms with E-state index in [2.05, 4.69) is 21.7 Å². The number of hydrogen-bond donors (Lipinski definition) is 3. The number of likely N-dealkylation sites (tertiary alicyclic amines) is 1. The third kappa shape index (κ3) is 8.49. The third-order valence-electron chi connectivity index (χ3n) is 8.86. The molecule has 0 spiro atoms. The molecule has 2 atom stereocenters. The van der Waals surface area contributed by atoms with Crippen LogP contribution in [0.5, 0.6) is 0 Å². The maximum Gasteiger partial charge on any atom is 0.325 e. The Morgan fingerprint density at radius 2 is 1.87 bits per heavy atom. The minimum atomic E-state index is -0.872. The predicted molar refractivity (Wildman–Crippen MR) is 182 cm³/mol. The quantitative estimate of drug-likeness (QED) is 0.177. The Hall–Kier alpha value is -3.76. The van der Waals surface area contributed by atoms with Crippen LogP contribution in [0.2, 0.25) is 0 Å². The first-order valence-corrected chi connectivity index (χ1v) is 15.8. The zero-order chi connectivity index (χ0) is 32.7. The average Bonchev–Trinajstić information content (AvgIpc) is 3.47. The van der Waals surface area contributed by atoms with E-state index >= 15 is 0 Å². The highest BCUT2D eigenvalue weighted by molar-refractivity contribution is 6.01. The minimum absolute atomic E-state index is 0.164. The van der Waals surface area contributed by atoms with Crippen LogP contribution in [0.4, 0.5) is 10.5 Å². The number of hydrogen-bond acceptors (Lipinski definition) is 7. The molecule has 0 aliphatic carbocycles. The first-order chi connectivity index (χ1) is 21.5. The number of nitrogens with one attached hydrogen (secondary N) is 1. The van der Waals surface area contributed by atoms with Gasteiger partial charge in [-0.1, -0.05) is 30.8 Å². The van der Waals surface area contributed by atoms with E-state index in [0.29, 0.717) is 36.7 Å². The zero-order valence-corrected chi connectivity index (χ0v) is 27.3. The predicted octanol–water partition coefficient (Wildman–Crippen LogP) is 5.29. The molecule has 2 aromatic carbocycles. The molecule has 1 fully saturated rings. The Balaban J connectivity index is 1.54. The maximum atomic E-state index is 13.5. The number of Topliss-reactive ketones (excluding diaryl/α,β-unsaturated/α-hetero) is 1. The van der Waals surface area contributed by atoms with Crippen LogP contribution in [0.3, 0.4) is 0 Å². The van der Waals surface area contributed by atoms with E-state index in [1.807, 2.05) is 69.3 Å². The van der Waals surface area contributed by atoms with Crippen LogP contribution in [-0.2, 0) is 4.74 Å². The van der Waals surface area contributed by atoms with Crippen LogP contribution in [0, 0.1) is 0 Å². The number of aliphatic hydroxyl groups is 1. The monoisotopic (exact) mass is 615 g/mol. The highest BCUT2D eigenvalue weighted by Crippen LogP contribution is 2.30. The van der Waals surface area contributed by atoms with Crippen LogP contribution in [0.1, 0.15) is 61.9 Å². The van der Waals surface area contributed by atoms with E-state index in [0.717, 1.165) is 42.5 Å². The molecular weight excluding hydrogens is 566 g/mol. The summed E-state index contributed by atoms with van der Waals surface area (Å²) in [5, 5.41) is 13.3. The topological polar surface area (TPSA) is 113 Å². The first kappa shape index (κ1) is 34.1. The van der Waals surface area contributed by atoms with Gasteiger partial charge in [0.25, 0.3) is 0 Å². The number of ketones is 1. The fourth-order valence-corrected chi connectivity index (χ4v) is 5.95. The molecule has 9 nitrogen and oxygen atoms in total. The molecule has 1 aliphatic heterocycles. The van der Waals surface area contributed by atoms with Crippen LogP contribution < -0.4 is 16.0 Å². The average molecular weight is 616 g/mol. The second-order valence-corrected chi connectivity index (χ2v) is 12.6. The van der Waals surface area contributed by atoms with Gasteiger partial charge in [-0.25, -0.2) is 4.79 Å². The summed E-state index contributed by atoms with van der Waals surface area (Å²) in [6.45, 7) is 13.2. The van der Waals surface area contributed by atoms with E-state index in [1.165, 1.54) is 5.56 Å². The van der Waals surface area contributed by atoms with E-state index in [1.54, 1.807) is 37.1 Å². The Morgan fingerprint density at radius 1 is 1.18 bits per heavy atom. The second kappa shape index (κ2) is 15.0. The number of aliphatic hydroxyl groups excluding tert-OH is 1. The molecular formula is C36H49N5O4. The Labute approximate surface area is 267 Å². The number of nitrogens with two attached hydrogens (primary N) is 1. The van der Waals surface area contributed by atoms with Gasteiger partial charge in [0.2, 0.25) is 0 Å². The van der Waals surface area contributed by atoms with Crippen molar-refractivity contribution < 1.29 is 19.4 Å². The summed E-state index contributed by atoms with van der Waals surface area (Å²) in [4.78, 5) is 30.2. The lowest BCUT2D eigenvalue weighted by Gasteiger charge is -2.32. The number of carbonyl (C=O) groups is 2. The molecule has 9 heteroatoms.